The molecule has 0 aliphatic carbocycles. The smallest absolute Gasteiger partial charge is 0.408 e. The highest BCUT2D eigenvalue weighted by Crippen LogP contribution is 2.21. The molecule has 1 heterocycles. The zero-order valence-electron chi connectivity index (χ0n) is 30.4. The van der Waals surface area contributed by atoms with Crippen LogP contribution in [0.15, 0.2) is 116 Å². The highest BCUT2D eigenvalue weighted by atomic mass is 16.5. The molecule has 0 aliphatic heterocycles. The molecule has 0 fully saturated rings. The summed E-state index contributed by atoms with van der Waals surface area (Å²) in [6, 6.07) is 28.7. The Kier molecular flexibility index (Phi) is 14.3. The zero-order valence-corrected chi connectivity index (χ0v) is 30.4. The lowest BCUT2D eigenvalue weighted by molar-refractivity contribution is -0.148. The van der Waals surface area contributed by atoms with Crippen LogP contribution in [0.1, 0.15) is 49.1 Å². The second-order valence-electron chi connectivity index (χ2n) is 13.3. The lowest BCUT2D eigenvalue weighted by Gasteiger charge is -2.31. The number of aromatic amines is 1. The quantitative estimate of drug-likeness (QED) is 0.0770. The third-order valence-corrected chi connectivity index (χ3v) is 9.34. The molecule has 5 aromatic rings. The van der Waals surface area contributed by atoms with Gasteiger partial charge >= 0.3 is 12.1 Å². The Morgan fingerprint density at radius 1 is 0.741 bits per heavy atom. The summed E-state index contributed by atoms with van der Waals surface area (Å²) < 4.78 is 10.9. The summed E-state index contributed by atoms with van der Waals surface area (Å²) in [7, 11) is 0. The Morgan fingerprint density at radius 2 is 1.35 bits per heavy atom. The molecule has 12 nitrogen and oxygen atoms in total. The number of esters is 1. The van der Waals surface area contributed by atoms with E-state index in [1.807, 2.05) is 117 Å². The molecule has 0 bridgehead atoms. The number of alkyl carbamates (subject to hydrolysis) is 1. The molecule has 4 aromatic carbocycles. The summed E-state index contributed by atoms with van der Waals surface area (Å²) in [6.07, 6.45) is 1.31. The first kappa shape index (κ1) is 39.2. The number of benzene rings is 4. The molecule has 0 aliphatic rings. The predicted molar refractivity (Wildman–Crippen MR) is 204 cm³/mol. The van der Waals surface area contributed by atoms with Crippen molar-refractivity contribution in [1.82, 2.24) is 25.9 Å². The van der Waals surface area contributed by atoms with Crippen LogP contribution in [-0.2, 0) is 49.9 Å². The Morgan fingerprint density at radius 3 is 2.02 bits per heavy atom. The number of hydrogen-bond donors (Lipinski definition) is 5. The fraction of sp³-hybridized carbons (Fsp3) is 0.310. The van der Waals surface area contributed by atoms with E-state index in [0.29, 0.717) is 12.1 Å². The number of hydrogen-bond acceptors (Lipinski definition) is 8. The SMILES string of the molecule is CCC(C)[C@H](NC(=O)[C@@H](Cc1cnc[nH]1)NC(=O)[C@@H](Cc1cccc2ccccc12)NC(=O)OCc1ccccc1)[C@@H](O)CC(=O)OCc1ccccc1. The van der Waals surface area contributed by atoms with E-state index in [9.17, 15) is 24.3 Å². The van der Waals surface area contributed by atoms with Gasteiger partial charge in [0.2, 0.25) is 11.8 Å². The van der Waals surface area contributed by atoms with Crippen molar-refractivity contribution in [2.24, 2.45) is 5.92 Å². The molecule has 12 heteroatoms. The number of aliphatic hydroxyl groups excluding tert-OH is 1. The number of amides is 3. The van der Waals surface area contributed by atoms with Crippen molar-refractivity contribution < 1.29 is 33.8 Å². The second-order valence-corrected chi connectivity index (χ2v) is 13.3. The maximum Gasteiger partial charge on any atom is 0.408 e. The van der Waals surface area contributed by atoms with Gasteiger partial charge in [0.15, 0.2) is 0 Å². The van der Waals surface area contributed by atoms with Crippen LogP contribution in [0.2, 0.25) is 0 Å². The Bertz CT molecular complexity index is 1950. The van der Waals surface area contributed by atoms with Crippen LogP contribution >= 0.6 is 0 Å². The normalized spacial score (nSPS) is 13.8. The minimum absolute atomic E-state index is 0.000733. The van der Waals surface area contributed by atoms with Crippen LogP contribution in [0.5, 0.6) is 0 Å². The number of nitrogens with one attached hydrogen (secondary N) is 4. The second kappa shape index (κ2) is 19.7. The van der Waals surface area contributed by atoms with E-state index in [0.717, 1.165) is 27.5 Å². The number of fused-ring (bicyclic) bond motifs is 1. The topological polar surface area (TPSA) is 172 Å². The van der Waals surface area contributed by atoms with Crippen molar-refractivity contribution in [2.45, 2.75) is 77.0 Å². The maximum absolute atomic E-state index is 14.2. The molecule has 5 atom stereocenters. The molecule has 1 unspecified atom stereocenters. The van der Waals surface area contributed by atoms with Crippen LogP contribution in [0.25, 0.3) is 10.8 Å². The van der Waals surface area contributed by atoms with Crippen LogP contribution < -0.4 is 16.0 Å². The van der Waals surface area contributed by atoms with Crippen molar-refractivity contribution in [2.75, 3.05) is 0 Å². The van der Waals surface area contributed by atoms with Gasteiger partial charge in [0.05, 0.1) is 24.9 Å². The highest BCUT2D eigenvalue weighted by Gasteiger charge is 2.33. The fourth-order valence-corrected chi connectivity index (χ4v) is 6.14. The lowest BCUT2D eigenvalue weighted by Crippen LogP contribution is -2.58. The van der Waals surface area contributed by atoms with Gasteiger partial charge in [-0.05, 0) is 33.4 Å². The summed E-state index contributed by atoms with van der Waals surface area (Å²) in [5.41, 5.74) is 2.97. The lowest BCUT2D eigenvalue weighted by atomic mass is 9.92. The summed E-state index contributed by atoms with van der Waals surface area (Å²) in [5, 5.41) is 21.6. The average molecular weight is 734 g/mol. The third-order valence-electron chi connectivity index (χ3n) is 9.34. The molecular formula is C42H47N5O7. The summed E-state index contributed by atoms with van der Waals surface area (Å²) >= 11 is 0. The van der Waals surface area contributed by atoms with Gasteiger partial charge in [0.25, 0.3) is 0 Å². The minimum atomic E-state index is -1.27. The number of H-pyrrole nitrogens is 1. The molecule has 0 saturated carbocycles. The van der Waals surface area contributed by atoms with Crippen molar-refractivity contribution >= 4 is 34.6 Å². The average Bonchev–Trinajstić information content (AvgIpc) is 3.71. The van der Waals surface area contributed by atoms with Gasteiger partial charge in [-0.3, -0.25) is 14.4 Å². The molecule has 5 N–H and O–H groups in total. The molecule has 3 amide bonds. The predicted octanol–water partition coefficient (Wildman–Crippen LogP) is 5.15. The molecule has 1 aromatic heterocycles. The van der Waals surface area contributed by atoms with E-state index < -0.39 is 48.1 Å². The van der Waals surface area contributed by atoms with E-state index in [1.54, 1.807) is 6.20 Å². The highest BCUT2D eigenvalue weighted by molar-refractivity contribution is 5.93. The van der Waals surface area contributed by atoms with Gasteiger partial charge in [-0.25, -0.2) is 9.78 Å². The fourth-order valence-electron chi connectivity index (χ4n) is 6.14. The maximum atomic E-state index is 14.2. The van der Waals surface area contributed by atoms with E-state index >= 15 is 0 Å². The molecule has 5 rings (SSSR count). The molecular weight excluding hydrogens is 686 g/mol. The number of ether oxygens (including phenoxy) is 2. The molecule has 0 spiro atoms. The number of aromatic nitrogens is 2. The number of rotatable bonds is 18. The number of aliphatic hydroxyl groups is 1. The number of imidazole rings is 1. The first-order chi connectivity index (χ1) is 26.2. The Hall–Kier alpha value is -6.01. The zero-order chi connectivity index (χ0) is 38.3. The van der Waals surface area contributed by atoms with Crippen molar-refractivity contribution in [3.63, 3.8) is 0 Å². The van der Waals surface area contributed by atoms with Crippen LogP contribution in [0.4, 0.5) is 4.79 Å². The molecule has 282 valence electrons. The number of nitrogens with zero attached hydrogens (tertiary/aromatic N) is 1. The molecule has 0 radical (unpaired) electrons. The summed E-state index contributed by atoms with van der Waals surface area (Å²) in [5.74, 6) is -2.06. The van der Waals surface area contributed by atoms with Gasteiger partial charge in [0.1, 0.15) is 25.3 Å². The van der Waals surface area contributed by atoms with Gasteiger partial charge < -0.3 is 35.5 Å². The third kappa shape index (κ3) is 11.5. The van der Waals surface area contributed by atoms with Crippen molar-refractivity contribution in [1.29, 1.82) is 0 Å². The summed E-state index contributed by atoms with van der Waals surface area (Å²) in [6.45, 7) is 3.82. The number of carbonyl (C=O) groups excluding carboxylic acids is 4. The standard InChI is InChI=1S/C42H47N5O7/c1-3-28(2)39(37(48)23-38(49)53-25-29-13-6-4-7-14-29)47-41(51)36(22-33-24-43-27-44-33)45-40(50)35(46-42(52)54-26-30-15-8-5-9-16-30)21-32-19-12-18-31-17-10-11-20-34(31)32/h4-20,24,27-28,35-37,39,48H,3,21-23,25-26H2,1-2H3,(H,43,44)(H,45,50)(H,46,52)(H,47,51)/t28?,35-,36-,37+,39+/m1/s1. The van der Waals surface area contributed by atoms with Gasteiger partial charge in [-0.2, -0.15) is 0 Å². The minimum Gasteiger partial charge on any atom is -0.461 e. The van der Waals surface area contributed by atoms with Crippen LogP contribution in [-0.4, -0.2) is 63.2 Å². The van der Waals surface area contributed by atoms with E-state index in [4.69, 9.17) is 9.47 Å². The summed E-state index contributed by atoms with van der Waals surface area (Å²) in [4.78, 5) is 61.2. The number of carbonyl (C=O) groups is 4. The molecule has 54 heavy (non-hydrogen) atoms. The largest absolute Gasteiger partial charge is 0.461 e. The first-order valence-electron chi connectivity index (χ1n) is 18.1. The van der Waals surface area contributed by atoms with Gasteiger partial charge in [-0.1, -0.05) is 123 Å². The van der Waals surface area contributed by atoms with Crippen LogP contribution in [0, 0.1) is 5.92 Å². The van der Waals surface area contributed by atoms with E-state index in [1.165, 1.54) is 6.33 Å². The van der Waals surface area contributed by atoms with Crippen LogP contribution in [0.3, 0.4) is 0 Å². The van der Waals surface area contributed by atoms with E-state index in [2.05, 4.69) is 25.9 Å². The first-order valence-corrected chi connectivity index (χ1v) is 18.1. The van der Waals surface area contributed by atoms with Crippen molar-refractivity contribution in [3.05, 3.63) is 138 Å². The Balaban J connectivity index is 1.33. The van der Waals surface area contributed by atoms with E-state index in [-0.39, 0.29) is 38.4 Å². The molecule has 0 saturated heterocycles. The van der Waals surface area contributed by atoms with Crippen molar-refractivity contribution in [3.8, 4) is 0 Å². The monoisotopic (exact) mass is 733 g/mol. The Labute approximate surface area is 314 Å². The van der Waals surface area contributed by atoms with Gasteiger partial charge in [-0.15, -0.1) is 0 Å². The van der Waals surface area contributed by atoms with Gasteiger partial charge in [0, 0.05) is 24.7 Å².